The summed E-state index contributed by atoms with van der Waals surface area (Å²) in [6.45, 7) is 7.20. The molecule has 128 valence electrons. The molecular weight excluding hydrogens is 304 g/mol. The highest BCUT2D eigenvalue weighted by Gasteiger charge is 2.20. The van der Waals surface area contributed by atoms with Gasteiger partial charge < -0.3 is 9.42 Å². The molecule has 0 spiro atoms. The van der Waals surface area contributed by atoms with E-state index in [1.807, 2.05) is 24.8 Å². The third kappa shape index (κ3) is 3.63. The second kappa shape index (κ2) is 7.11. The maximum absolute atomic E-state index is 11.5. The number of carbonyl (C=O) groups is 1. The molecule has 0 aromatic carbocycles. The summed E-state index contributed by atoms with van der Waals surface area (Å²) in [6, 6.07) is 2.04. The Bertz CT molecular complexity index is 706. The van der Waals surface area contributed by atoms with Gasteiger partial charge in [-0.1, -0.05) is 5.16 Å². The predicted molar refractivity (Wildman–Crippen MR) is 90.3 cm³/mol. The van der Waals surface area contributed by atoms with Crippen LogP contribution in [0.2, 0.25) is 0 Å². The Morgan fingerprint density at radius 3 is 2.83 bits per heavy atom. The highest BCUT2D eigenvalue weighted by atomic mass is 16.5. The summed E-state index contributed by atoms with van der Waals surface area (Å²) < 4.78 is 5.24. The van der Waals surface area contributed by atoms with Gasteiger partial charge in [-0.15, -0.1) is 0 Å². The molecule has 2 aromatic rings. The number of aryl methyl sites for hydroxylation is 2. The van der Waals surface area contributed by atoms with Gasteiger partial charge >= 0.3 is 0 Å². The minimum absolute atomic E-state index is 0.179. The van der Waals surface area contributed by atoms with E-state index < -0.39 is 0 Å². The molecule has 24 heavy (non-hydrogen) atoms. The van der Waals surface area contributed by atoms with Gasteiger partial charge in [0, 0.05) is 25.7 Å². The van der Waals surface area contributed by atoms with Crippen LogP contribution in [-0.2, 0) is 11.2 Å². The highest BCUT2D eigenvalue weighted by molar-refractivity contribution is 5.73. The minimum atomic E-state index is 0.179. The SMILES string of the molecule is CC(=O)N1CCC[C@@H](Cc2cc(-c3c(C)noc3C)ncn2)CC1. The van der Waals surface area contributed by atoms with E-state index >= 15 is 0 Å². The molecule has 3 rings (SSSR count). The van der Waals surface area contributed by atoms with Crippen molar-refractivity contribution in [2.24, 2.45) is 5.92 Å². The lowest BCUT2D eigenvalue weighted by Gasteiger charge is -2.18. The Balaban J connectivity index is 1.72. The number of carbonyl (C=O) groups excluding carboxylic acids is 1. The Kier molecular flexibility index (Phi) is 4.92. The summed E-state index contributed by atoms with van der Waals surface area (Å²) in [7, 11) is 0. The first-order valence-electron chi connectivity index (χ1n) is 8.54. The van der Waals surface area contributed by atoms with Gasteiger partial charge in [0.05, 0.1) is 17.0 Å². The fourth-order valence-corrected chi connectivity index (χ4v) is 3.47. The molecule has 1 amide bonds. The van der Waals surface area contributed by atoms with Crippen molar-refractivity contribution >= 4 is 5.91 Å². The first kappa shape index (κ1) is 16.6. The fraction of sp³-hybridized carbons (Fsp3) is 0.556. The Morgan fingerprint density at radius 2 is 2.12 bits per heavy atom. The van der Waals surface area contributed by atoms with Crippen LogP contribution in [0.1, 0.15) is 43.3 Å². The standard InChI is InChI=1S/C18H24N4O2/c1-12-18(13(2)24-21-12)17-10-16(19-11-20-17)9-15-5-4-7-22(8-6-15)14(3)23/h10-11,15H,4-9H2,1-3H3/t15-/m1/s1. The molecule has 1 saturated heterocycles. The molecule has 0 saturated carbocycles. The molecule has 6 heteroatoms. The van der Waals surface area contributed by atoms with Crippen molar-refractivity contribution in [3.8, 4) is 11.3 Å². The molecule has 6 nitrogen and oxygen atoms in total. The number of hydrogen-bond acceptors (Lipinski definition) is 5. The van der Waals surface area contributed by atoms with Crippen molar-refractivity contribution < 1.29 is 9.32 Å². The summed E-state index contributed by atoms with van der Waals surface area (Å²) in [5.41, 5.74) is 3.72. The van der Waals surface area contributed by atoms with Crippen molar-refractivity contribution in [3.63, 3.8) is 0 Å². The van der Waals surface area contributed by atoms with Crippen molar-refractivity contribution in [3.05, 3.63) is 29.5 Å². The van der Waals surface area contributed by atoms with E-state index in [0.29, 0.717) is 5.92 Å². The fourth-order valence-electron chi connectivity index (χ4n) is 3.47. The number of likely N-dealkylation sites (tertiary alicyclic amines) is 1. The van der Waals surface area contributed by atoms with Crippen molar-refractivity contribution in [2.45, 2.75) is 46.5 Å². The average Bonchev–Trinajstić information content (AvgIpc) is 2.74. The second-order valence-electron chi connectivity index (χ2n) is 6.60. The highest BCUT2D eigenvalue weighted by Crippen LogP contribution is 2.27. The Labute approximate surface area is 142 Å². The molecule has 0 N–H and O–H groups in total. The number of aromatic nitrogens is 3. The molecule has 0 bridgehead atoms. The van der Waals surface area contributed by atoms with Gasteiger partial charge in [0.1, 0.15) is 12.1 Å². The van der Waals surface area contributed by atoms with Crippen LogP contribution in [0.5, 0.6) is 0 Å². The van der Waals surface area contributed by atoms with Crippen LogP contribution in [0.15, 0.2) is 16.9 Å². The zero-order chi connectivity index (χ0) is 17.1. The van der Waals surface area contributed by atoms with E-state index in [2.05, 4.69) is 15.1 Å². The topological polar surface area (TPSA) is 72.1 Å². The minimum Gasteiger partial charge on any atom is -0.361 e. The van der Waals surface area contributed by atoms with Crippen LogP contribution >= 0.6 is 0 Å². The van der Waals surface area contributed by atoms with Gasteiger partial charge in [0.15, 0.2) is 0 Å². The van der Waals surface area contributed by atoms with E-state index in [4.69, 9.17) is 4.52 Å². The average molecular weight is 328 g/mol. The zero-order valence-corrected chi connectivity index (χ0v) is 14.6. The molecule has 1 fully saturated rings. The summed E-state index contributed by atoms with van der Waals surface area (Å²) in [4.78, 5) is 22.3. The molecule has 0 radical (unpaired) electrons. The van der Waals surface area contributed by atoms with Gasteiger partial charge in [0.25, 0.3) is 0 Å². The van der Waals surface area contributed by atoms with Crippen LogP contribution < -0.4 is 0 Å². The lowest BCUT2D eigenvalue weighted by Crippen LogP contribution is -2.29. The van der Waals surface area contributed by atoms with Crippen molar-refractivity contribution in [1.29, 1.82) is 0 Å². The molecule has 1 atom stereocenters. The maximum atomic E-state index is 11.5. The third-order valence-corrected chi connectivity index (χ3v) is 4.80. The van der Waals surface area contributed by atoms with Gasteiger partial charge in [-0.05, 0) is 51.5 Å². The van der Waals surface area contributed by atoms with Crippen molar-refractivity contribution in [2.75, 3.05) is 13.1 Å². The summed E-state index contributed by atoms with van der Waals surface area (Å²) in [6.07, 6.45) is 5.77. The first-order valence-corrected chi connectivity index (χ1v) is 8.54. The summed E-state index contributed by atoms with van der Waals surface area (Å²) >= 11 is 0. The molecule has 0 aliphatic carbocycles. The number of nitrogens with zero attached hydrogens (tertiary/aromatic N) is 4. The Morgan fingerprint density at radius 1 is 1.29 bits per heavy atom. The molecule has 1 aliphatic rings. The van der Waals surface area contributed by atoms with Crippen LogP contribution in [0.4, 0.5) is 0 Å². The molecule has 1 aliphatic heterocycles. The van der Waals surface area contributed by atoms with Crippen LogP contribution in [0.25, 0.3) is 11.3 Å². The quantitative estimate of drug-likeness (QED) is 0.866. The smallest absolute Gasteiger partial charge is 0.219 e. The maximum Gasteiger partial charge on any atom is 0.219 e. The van der Waals surface area contributed by atoms with Gasteiger partial charge in [-0.3, -0.25) is 4.79 Å². The normalized spacial score (nSPS) is 18.5. The van der Waals surface area contributed by atoms with Crippen LogP contribution in [0.3, 0.4) is 0 Å². The third-order valence-electron chi connectivity index (χ3n) is 4.80. The van der Waals surface area contributed by atoms with Gasteiger partial charge in [-0.2, -0.15) is 0 Å². The van der Waals surface area contributed by atoms with Crippen molar-refractivity contribution in [1.82, 2.24) is 20.0 Å². The largest absolute Gasteiger partial charge is 0.361 e. The number of rotatable bonds is 3. The van der Waals surface area contributed by atoms with E-state index in [9.17, 15) is 4.79 Å². The summed E-state index contributed by atoms with van der Waals surface area (Å²) in [5, 5.41) is 4.00. The van der Waals surface area contributed by atoms with E-state index in [1.165, 1.54) is 0 Å². The molecule has 2 aromatic heterocycles. The number of hydrogen-bond donors (Lipinski definition) is 0. The van der Waals surface area contributed by atoms with E-state index in [1.54, 1.807) is 13.3 Å². The first-order chi connectivity index (χ1) is 11.5. The molecular formula is C18H24N4O2. The van der Waals surface area contributed by atoms with Gasteiger partial charge in [-0.25, -0.2) is 9.97 Å². The van der Waals surface area contributed by atoms with E-state index in [0.717, 1.165) is 67.2 Å². The summed E-state index contributed by atoms with van der Waals surface area (Å²) in [5.74, 6) is 1.52. The lowest BCUT2D eigenvalue weighted by atomic mass is 9.94. The lowest BCUT2D eigenvalue weighted by molar-refractivity contribution is -0.128. The predicted octanol–water partition coefficient (Wildman–Crippen LogP) is 2.94. The molecule has 0 unspecified atom stereocenters. The van der Waals surface area contributed by atoms with Crippen LogP contribution in [0, 0.1) is 19.8 Å². The Hall–Kier alpha value is -2.24. The van der Waals surface area contributed by atoms with Crippen LogP contribution in [-0.4, -0.2) is 39.0 Å². The zero-order valence-electron chi connectivity index (χ0n) is 14.6. The van der Waals surface area contributed by atoms with E-state index in [-0.39, 0.29) is 5.91 Å². The monoisotopic (exact) mass is 328 g/mol. The molecule has 3 heterocycles. The van der Waals surface area contributed by atoms with Gasteiger partial charge in [0.2, 0.25) is 5.91 Å². The number of amides is 1. The second-order valence-corrected chi connectivity index (χ2v) is 6.60.